The topological polar surface area (TPSA) is 64.4 Å². The molecule has 4 aromatic rings. The molecule has 1 amide bonds. The number of hydrogen-bond donors (Lipinski definition) is 1. The van der Waals surface area contributed by atoms with Gasteiger partial charge in [-0.25, -0.2) is 4.98 Å². The number of fused-ring (bicyclic) bond motifs is 1. The Kier molecular flexibility index (Phi) is 4.52. The quantitative estimate of drug-likeness (QED) is 0.515. The molecule has 0 aliphatic rings. The molecule has 0 saturated carbocycles. The Morgan fingerprint density at radius 1 is 1.04 bits per heavy atom. The summed E-state index contributed by atoms with van der Waals surface area (Å²) in [5, 5.41) is 3.43. The van der Waals surface area contributed by atoms with Gasteiger partial charge in [-0.15, -0.1) is 0 Å². The molecule has 134 valence electrons. The van der Waals surface area contributed by atoms with Gasteiger partial charge in [-0.2, -0.15) is 0 Å². The largest absolute Gasteiger partial charge is 0.497 e. The van der Waals surface area contributed by atoms with Crippen molar-refractivity contribution in [1.29, 1.82) is 0 Å². The standard InChI is InChI=1S/C21H15ClN2O3/c1-26-17-9-4-14(5-10-17)21-24-18-11-8-16(12-19(18)27-21)23-20(25)13-2-6-15(22)7-3-13/h2-12H,1H3,(H,23,25). The molecule has 1 N–H and O–H groups in total. The summed E-state index contributed by atoms with van der Waals surface area (Å²) in [5.74, 6) is 1.05. The molecular weight excluding hydrogens is 364 g/mol. The Morgan fingerprint density at radius 3 is 2.48 bits per heavy atom. The van der Waals surface area contributed by atoms with Crippen LogP contribution in [0.3, 0.4) is 0 Å². The number of ether oxygens (including phenoxy) is 1. The number of amides is 1. The lowest BCUT2D eigenvalue weighted by atomic mass is 10.2. The van der Waals surface area contributed by atoms with Crippen LogP contribution in [0.5, 0.6) is 5.75 Å². The number of hydrogen-bond acceptors (Lipinski definition) is 4. The zero-order chi connectivity index (χ0) is 18.8. The minimum atomic E-state index is -0.221. The van der Waals surface area contributed by atoms with Crippen molar-refractivity contribution in [2.45, 2.75) is 0 Å². The average molecular weight is 379 g/mol. The summed E-state index contributed by atoms with van der Waals surface area (Å²) in [6.45, 7) is 0. The van der Waals surface area contributed by atoms with E-state index in [-0.39, 0.29) is 5.91 Å². The zero-order valence-electron chi connectivity index (χ0n) is 14.4. The number of nitrogens with one attached hydrogen (secondary N) is 1. The number of carbonyl (C=O) groups excluding carboxylic acids is 1. The van der Waals surface area contributed by atoms with E-state index in [9.17, 15) is 4.79 Å². The highest BCUT2D eigenvalue weighted by molar-refractivity contribution is 6.30. The molecular formula is C21H15ClN2O3. The molecule has 5 nitrogen and oxygen atoms in total. The van der Waals surface area contributed by atoms with Gasteiger partial charge < -0.3 is 14.5 Å². The number of oxazole rings is 1. The summed E-state index contributed by atoms with van der Waals surface area (Å²) in [4.78, 5) is 16.8. The average Bonchev–Trinajstić information content (AvgIpc) is 3.12. The molecule has 0 radical (unpaired) electrons. The lowest BCUT2D eigenvalue weighted by Crippen LogP contribution is -2.11. The molecule has 1 aromatic heterocycles. The second-order valence-electron chi connectivity index (χ2n) is 5.89. The lowest BCUT2D eigenvalue weighted by Gasteiger charge is -2.05. The van der Waals surface area contributed by atoms with Crippen molar-refractivity contribution in [2.75, 3.05) is 12.4 Å². The third kappa shape index (κ3) is 3.64. The summed E-state index contributed by atoms with van der Waals surface area (Å²) in [6, 6.07) is 19.5. The maximum Gasteiger partial charge on any atom is 0.255 e. The molecule has 0 fully saturated rings. The Bertz CT molecular complexity index is 1100. The number of nitrogens with zero attached hydrogens (tertiary/aromatic N) is 1. The SMILES string of the molecule is COc1ccc(-c2nc3ccc(NC(=O)c4ccc(Cl)cc4)cc3o2)cc1. The summed E-state index contributed by atoms with van der Waals surface area (Å²) < 4.78 is 11.0. The summed E-state index contributed by atoms with van der Waals surface area (Å²) >= 11 is 5.85. The number of rotatable bonds is 4. The monoisotopic (exact) mass is 378 g/mol. The van der Waals surface area contributed by atoms with E-state index in [0.717, 1.165) is 11.3 Å². The van der Waals surface area contributed by atoms with Crippen LogP contribution in [0.4, 0.5) is 5.69 Å². The first-order chi connectivity index (χ1) is 13.1. The van der Waals surface area contributed by atoms with Gasteiger partial charge in [-0.05, 0) is 60.7 Å². The fourth-order valence-electron chi connectivity index (χ4n) is 2.66. The van der Waals surface area contributed by atoms with Crippen molar-refractivity contribution < 1.29 is 13.9 Å². The van der Waals surface area contributed by atoms with Crippen LogP contribution < -0.4 is 10.1 Å². The molecule has 27 heavy (non-hydrogen) atoms. The molecule has 0 bridgehead atoms. The Labute approximate surface area is 160 Å². The van der Waals surface area contributed by atoms with E-state index in [1.807, 2.05) is 30.3 Å². The minimum absolute atomic E-state index is 0.221. The van der Waals surface area contributed by atoms with Crippen molar-refractivity contribution in [3.63, 3.8) is 0 Å². The Balaban J connectivity index is 1.58. The number of methoxy groups -OCH3 is 1. The molecule has 1 heterocycles. The number of anilines is 1. The van der Waals surface area contributed by atoms with Gasteiger partial charge in [0.2, 0.25) is 5.89 Å². The van der Waals surface area contributed by atoms with E-state index < -0.39 is 0 Å². The first-order valence-corrected chi connectivity index (χ1v) is 8.62. The Morgan fingerprint density at radius 2 is 1.78 bits per heavy atom. The van der Waals surface area contributed by atoms with Gasteiger partial charge in [-0.1, -0.05) is 11.6 Å². The van der Waals surface area contributed by atoms with E-state index >= 15 is 0 Å². The van der Waals surface area contributed by atoms with Crippen LogP contribution in [0.1, 0.15) is 10.4 Å². The third-order valence-corrected chi connectivity index (χ3v) is 4.34. The highest BCUT2D eigenvalue weighted by Gasteiger charge is 2.11. The Hall–Kier alpha value is -3.31. The minimum Gasteiger partial charge on any atom is -0.497 e. The van der Waals surface area contributed by atoms with Gasteiger partial charge in [0.15, 0.2) is 5.58 Å². The summed E-state index contributed by atoms with van der Waals surface area (Å²) in [7, 11) is 1.62. The van der Waals surface area contributed by atoms with Gasteiger partial charge in [0, 0.05) is 27.9 Å². The van der Waals surface area contributed by atoms with E-state index in [2.05, 4.69) is 10.3 Å². The maximum atomic E-state index is 12.3. The van der Waals surface area contributed by atoms with E-state index in [0.29, 0.717) is 33.3 Å². The van der Waals surface area contributed by atoms with Gasteiger partial charge in [-0.3, -0.25) is 4.79 Å². The normalized spacial score (nSPS) is 10.7. The lowest BCUT2D eigenvalue weighted by molar-refractivity contribution is 0.102. The van der Waals surface area contributed by atoms with E-state index in [1.54, 1.807) is 43.5 Å². The summed E-state index contributed by atoms with van der Waals surface area (Å²) in [5.41, 5.74) is 3.30. The molecule has 3 aromatic carbocycles. The third-order valence-electron chi connectivity index (χ3n) is 4.09. The van der Waals surface area contributed by atoms with Crippen LogP contribution >= 0.6 is 11.6 Å². The van der Waals surface area contributed by atoms with Gasteiger partial charge in [0.05, 0.1) is 7.11 Å². The van der Waals surface area contributed by atoms with Crippen molar-refractivity contribution >= 4 is 34.3 Å². The molecule has 0 atom stereocenters. The van der Waals surface area contributed by atoms with Gasteiger partial charge in [0.1, 0.15) is 11.3 Å². The van der Waals surface area contributed by atoms with Crippen LogP contribution in [0, 0.1) is 0 Å². The molecule has 4 rings (SSSR count). The highest BCUT2D eigenvalue weighted by atomic mass is 35.5. The predicted molar refractivity (Wildman–Crippen MR) is 105 cm³/mol. The fourth-order valence-corrected chi connectivity index (χ4v) is 2.79. The zero-order valence-corrected chi connectivity index (χ0v) is 15.2. The second kappa shape index (κ2) is 7.13. The summed E-state index contributed by atoms with van der Waals surface area (Å²) in [6.07, 6.45) is 0. The number of halogens is 1. The fraction of sp³-hybridized carbons (Fsp3) is 0.0476. The maximum absolute atomic E-state index is 12.3. The smallest absolute Gasteiger partial charge is 0.255 e. The van der Waals surface area contributed by atoms with E-state index in [1.165, 1.54) is 0 Å². The molecule has 0 aliphatic carbocycles. The van der Waals surface area contributed by atoms with Crippen molar-refractivity contribution in [1.82, 2.24) is 4.98 Å². The van der Waals surface area contributed by atoms with Crippen LogP contribution in [0.15, 0.2) is 71.1 Å². The van der Waals surface area contributed by atoms with Gasteiger partial charge in [0.25, 0.3) is 5.91 Å². The molecule has 0 unspecified atom stereocenters. The number of carbonyl (C=O) groups is 1. The van der Waals surface area contributed by atoms with Crippen molar-refractivity contribution in [2.24, 2.45) is 0 Å². The molecule has 0 aliphatic heterocycles. The van der Waals surface area contributed by atoms with Crippen LogP contribution in [-0.2, 0) is 0 Å². The molecule has 6 heteroatoms. The predicted octanol–water partition coefficient (Wildman–Crippen LogP) is 5.41. The van der Waals surface area contributed by atoms with E-state index in [4.69, 9.17) is 20.8 Å². The molecule has 0 saturated heterocycles. The van der Waals surface area contributed by atoms with Crippen LogP contribution in [-0.4, -0.2) is 18.0 Å². The highest BCUT2D eigenvalue weighted by Crippen LogP contribution is 2.27. The number of benzene rings is 3. The number of aromatic nitrogens is 1. The second-order valence-corrected chi connectivity index (χ2v) is 6.33. The van der Waals surface area contributed by atoms with Crippen LogP contribution in [0.25, 0.3) is 22.6 Å². The van der Waals surface area contributed by atoms with Gasteiger partial charge >= 0.3 is 0 Å². The molecule has 0 spiro atoms. The van der Waals surface area contributed by atoms with Crippen molar-refractivity contribution in [3.05, 3.63) is 77.3 Å². The van der Waals surface area contributed by atoms with Crippen molar-refractivity contribution in [3.8, 4) is 17.2 Å². The first kappa shape index (κ1) is 17.1. The first-order valence-electron chi connectivity index (χ1n) is 8.24. The van der Waals surface area contributed by atoms with Crippen LogP contribution in [0.2, 0.25) is 5.02 Å².